The van der Waals surface area contributed by atoms with Gasteiger partial charge >= 0.3 is 0 Å². The van der Waals surface area contributed by atoms with Crippen LogP contribution in [0.25, 0.3) is 6.08 Å². The summed E-state index contributed by atoms with van der Waals surface area (Å²) in [6.45, 7) is 4.44. The molecule has 0 unspecified atom stereocenters. The molecule has 6 heteroatoms. The van der Waals surface area contributed by atoms with Crippen LogP contribution in [0.15, 0.2) is 78.9 Å². The van der Waals surface area contributed by atoms with Crippen molar-refractivity contribution in [3.05, 3.63) is 95.6 Å². The molecule has 1 atom stereocenters. The van der Waals surface area contributed by atoms with Gasteiger partial charge in [-0.2, -0.15) is 0 Å². The average molecular weight is 457 g/mol. The van der Waals surface area contributed by atoms with Gasteiger partial charge in [-0.15, -0.1) is 0 Å². The van der Waals surface area contributed by atoms with Crippen LogP contribution in [0, 0.1) is 0 Å². The number of amides is 2. The Morgan fingerprint density at radius 2 is 1.62 bits per heavy atom. The Kier molecular flexibility index (Phi) is 6.97. The van der Waals surface area contributed by atoms with Gasteiger partial charge in [0.25, 0.3) is 5.91 Å². The summed E-state index contributed by atoms with van der Waals surface area (Å²) in [5, 5.41) is 2.96. The first kappa shape index (κ1) is 23.1. The van der Waals surface area contributed by atoms with Gasteiger partial charge in [0, 0.05) is 18.8 Å². The standard InChI is InChI=1S/C28H28N2O4/c1-19(2)21-11-13-23(14-12-21)29-28(32)27(22-7-5-4-6-8-22)30(3)26(31)16-10-20-9-15-24-25(17-20)34-18-33-24/h4-17,19,27H,18H2,1-3H3,(H,29,32)/b16-10+/t27-/m0/s1. The fourth-order valence-corrected chi connectivity index (χ4v) is 3.78. The number of benzene rings is 3. The summed E-state index contributed by atoms with van der Waals surface area (Å²) in [7, 11) is 1.63. The Morgan fingerprint density at radius 3 is 2.32 bits per heavy atom. The van der Waals surface area contributed by atoms with E-state index in [0.717, 1.165) is 11.1 Å². The number of fused-ring (bicyclic) bond motifs is 1. The lowest BCUT2D eigenvalue weighted by atomic mass is 10.0. The van der Waals surface area contributed by atoms with Crippen molar-refractivity contribution in [1.29, 1.82) is 0 Å². The van der Waals surface area contributed by atoms with E-state index in [2.05, 4.69) is 19.2 Å². The zero-order valence-corrected chi connectivity index (χ0v) is 19.5. The van der Waals surface area contributed by atoms with Crippen molar-refractivity contribution in [2.45, 2.75) is 25.8 Å². The zero-order valence-electron chi connectivity index (χ0n) is 19.5. The molecule has 4 rings (SSSR count). The molecule has 6 nitrogen and oxygen atoms in total. The SMILES string of the molecule is CC(C)c1ccc(NC(=O)[C@H](c2ccccc2)N(C)C(=O)/C=C/c2ccc3c(c2)OCO3)cc1. The molecule has 0 fully saturated rings. The minimum Gasteiger partial charge on any atom is -0.454 e. The predicted molar refractivity (Wildman–Crippen MR) is 133 cm³/mol. The van der Waals surface area contributed by atoms with Gasteiger partial charge in [-0.1, -0.05) is 62.4 Å². The predicted octanol–water partition coefficient (Wildman–Crippen LogP) is 5.39. The van der Waals surface area contributed by atoms with E-state index in [1.165, 1.54) is 16.5 Å². The number of anilines is 1. The maximum atomic E-state index is 13.3. The molecule has 2 amide bonds. The summed E-state index contributed by atoms with van der Waals surface area (Å²) in [5.74, 6) is 1.16. The van der Waals surface area contributed by atoms with Crippen molar-refractivity contribution in [3.8, 4) is 11.5 Å². The number of likely N-dealkylation sites (N-methyl/N-ethyl adjacent to an activating group) is 1. The minimum absolute atomic E-state index is 0.193. The molecule has 0 saturated carbocycles. The van der Waals surface area contributed by atoms with Crippen molar-refractivity contribution in [2.75, 3.05) is 19.2 Å². The minimum atomic E-state index is -0.792. The Morgan fingerprint density at radius 1 is 0.912 bits per heavy atom. The van der Waals surface area contributed by atoms with Gasteiger partial charge in [-0.25, -0.2) is 0 Å². The lowest BCUT2D eigenvalue weighted by Crippen LogP contribution is -2.37. The van der Waals surface area contributed by atoms with Crippen LogP contribution >= 0.6 is 0 Å². The smallest absolute Gasteiger partial charge is 0.251 e. The van der Waals surface area contributed by atoms with E-state index in [1.54, 1.807) is 19.2 Å². The molecule has 34 heavy (non-hydrogen) atoms. The van der Waals surface area contributed by atoms with Gasteiger partial charge in [-0.05, 0) is 52.9 Å². The topological polar surface area (TPSA) is 67.9 Å². The Hall–Kier alpha value is -4.06. The van der Waals surface area contributed by atoms with Gasteiger partial charge < -0.3 is 19.7 Å². The molecule has 174 valence electrons. The normalized spacial score (nSPS) is 13.2. The highest BCUT2D eigenvalue weighted by Gasteiger charge is 2.28. The molecule has 0 radical (unpaired) electrons. The molecule has 0 saturated heterocycles. The summed E-state index contributed by atoms with van der Waals surface area (Å²) in [5.41, 5.74) is 3.41. The van der Waals surface area contributed by atoms with E-state index in [4.69, 9.17) is 9.47 Å². The first-order valence-corrected chi connectivity index (χ1v) is 11.2. The number of hydrogen-bond acceptors (Lipinski definition) is 4. The average Bonchev–Trinajstić information content (AvgIpc) is 3.31. The summed E-state index contributed by atoms with van der Waals surface area (Å²) >= 11 is 0. The number of nitrogens with one attached hydrogen (secondary N) is 1. The van der Waals surface area contributed by atoms with Crippen LogP contribution in [0.2, 0.25) is 0 Å². The van der Waals surface area contributed by atoms with Crippen LogP contribution in [-0.4, -0.2) is 30.6 Å². The van der Waals surface area contributed by atoms with Crippen molar-refractivity contribution >= 4 is 23.6 Å². The van der Waals surface area contributed by atoms with Gasteiger partial charge in [0.1, 0.15) is 6.04 Å². The third kappa shape index (κ3) is 5.29. The molecule has 0 aliphatic carbocycles. The van der Waals surface area contributed by atoms with Crippen LogP contribution in [-0.2, 0) is 9.59 Å². The third-order valence-corrected chi connectivity index (χ3v) is 5.76. The van der Waals surface area contributed by atoms with Crippen molar-refractivity contribution in [2.24, 2.45) is 0 Å². The highest BCUT2D eigenvalue weighted by Crippen LogP contribution is 2.33. The Labute approximate surface area is 199 Å². The van der Waals surface area contributed by atoms with Crippen molar-refractivity contribution in [3.63, 3.8) is 0 Å². The van der Waals surface area contributed by atoms with E-state index >= 15 is 0 Å². The molecule has 3 aromatic carbocycles. The van der Waals surface area contributed by atoms with Crippen LogP contribution < -0.4 is 14.8 Å². The molecular formula is C28H28N2O4. The second kappa shape index (κ2) is 10.3. The van der Waals surface area contributed by atoms with E-state index in [0.29, 0.717) is 23.1 Å². The highest BCUT2D eigenvalue weighted by atomic mass is 16.7. The summed E-state index contributed by atoms with van der Waals surface area (Å²) in [6, 6.07) is 21.7. The van der Waals surface area contributed by atoms with Gasteiger partial charge in [0.2, 0.25) is 12.7 Å². The van der Waals surface area contributed by atoms with Crippen LogP contribution in [0.1, 0.15) is 42.5 Å². The van der Waals surface area contributed by atoms with E-state index in [9.17, 15) is 9.59 Å². The summed E-state index contributed by atoms with van der Waals surface area (Å²) in [6.07, 6.45) is 3.16. The fourth-order valence-electron chi connectivity index (χ4n) is 3.78. The Balaban J connectivity index is 1.52. The lowest BCUT2D eigenvalue weighted by molar-refractivity contribution is -0.133. The van der Waals surface area contributed by atoms with E-state index in [-0.39, 0.29) is 18.6 Å². The number of ether oxygens (including phenoxy) is 2. The lowest BCUT2D eigenvalue weighted by Gasteiger charge is -2.27. The molecule has 0 bridgehead atoms. The van der Waals surface area contributed by atoms with Crippen LogP contribution in [0.4, 0.5) is 5.69 Å². The molecule has 1 aliphatic rings. The van der Waals surface area contributed by atoms with E-state index in [1.807, 2.05) is 66.7 Å². The largest absolute Gasteiger partial charge is 0.454 e. The molecule has 1 N–H and O–H groups in total. The number of carbonyl (C=O) groups is 2. The molecule has 0 spiro atoms. The zero-order chi connectivity index (χ0) is 24.1. The summed E-state index contributed by atoms with van der Waals surface area (Å²) in [4.78, 5) is 27.8. The first-order chi connectivity index (χ1) is 16.4. The quantitative estimate of drug-likeness (QED) is 0.484. The van der Waals surface area contributed by atoms with Gasteiger partial charge in [0.15, 0.2) is 11.5 Å². The fraction of sp³-hybridized carbons (Fsp3) is 0.214. The molecule has 0 aromatic heterocycles. The molecule has 1 aliphatic heterocycles. The van der Waals surface area contributed by atoms with Crippen molar-refractivity contribution in [1.82, 2.24) is 4.90 Å². The van der Waals surface area contributed by atoms with E-state index < -0.39 is 6.04 Å². The second-order valence-corrected chi connectivity index (χ2v) is 8.47. The molecule has 3 aromatic rings. The van der Waals surface area contributed by atoms with Crippen LogP contribution in [0.3, 0.4) is 0 Å². The maximum absolute atomic E-state index is 13.3. The van der Waals surface area contributed by atoms with Gasteiger partial charge in [0.05, 0.1) is 0 Å². The maximum Gasteiger partial charge on any atom is 0.251 e. The first-order valence-electron chi connectivity index (χ1n) is 11.2. The Bertz CT molecular complexity index is 1190. The van der Waals surface area contributed by atoms with Gasteiger partial charge in [-0.3, -0.25) is 9.59 Å². The summed E-state index contributed by atoms with van der Waals surface area (Å²) < 4.78 is 10.7. The number of nitrogens with zero attached hydrogens (tertiary/aromatic N) is 1. The van der Waals surface area contributed by atoms with Crippen molar-refractivity contribution < 1.29 is 19.1 Å². The monoisotopic (exact) mass is 456 g/mol. The third-order valence-electron chi connectivity index (χ3n) is 5.76. The number of hydrogen-bond donors (Lipinski definition) is 1. The second-order valence-electron chi connectivity index (χ2n) is 8.47. The number of rotatable bonds is 7. The molecule has 1 heterocycles. The highest BCUT2D eigenvalue weighted by molar-refractivity contribution is 6.00. The number of carbonyl (C=O) groups excluding carboxylic acids is 2. The molecular weight excluding hydrogens is 428 g/mol. The van der Waals surface area contributed by atoms with Crippen LogP contribution in [0.5, 0.6) is 11.5 Å².